The Kier molecular flexibility index (Phi) is 6.15. The van der Waals surface area contributed by atoms with Crippen molar-refractivity contribution in [3.8, 4) is 0 Å². The van der Waals surface area contributed by atoms with Gasteiger partial charge in [0.25, 0.3) is 5.91 Å². The zero-order chi connectivity index (χ0) is 21.0. The summed E-state index contributed by atoms with van der Waals surface area (Å²) >= 11 is 0. The Hall–Kier alpha value is -2.96. The lowest BCUT2D eigenvalue weighted by Gasteiger charge is -2.17. The van der Waals surface area contributed by atoms with Gasteiger partial charge >= 0.3 is 0 Å². The highest BCUT2D eigenvalue weighted by Crippen LogP contribution is 2.21. The molecule has 0 atom stereocenters. The maximum atomic E-state index is 12.6. The zero-order valence-corrected chi connectivity index (χ0v) is 17.5. The molecule has 0 unspecified atom stereocenters. The van der Waals surface area contributed by atoms with Gasteiger partial charge < -0.3 is 5.32 Å². The maximum Gasteiger partial charge on any atom is 0.255 e. The number of aryl methyl sites for hydroxylation is 2. The van der Waals surface area contributed by atoms with Crippen LogP contribution in [-0.2, 0) is 16.6 Å². The molecule has 0 aliphatic rings. The first-order valence-corrected chi connectivity index (χ1v) is 10.7. The standard InChI is InChI=1S/C23H24N2O3S/c1-17-8-7-9-18(2)22(17)24-23(26)20-14-12-19(13-15-20)16-25(3)29(27,28)21-10-5-4-6-11-21/h4-15H,16H2,1-3H3,(H,24,26). The van der Waals surface area contributed by atoms with Gasteiger partial charge in [-0.15, -0.1) is 0 Å². The number of benzene rings is 3. The molecular formula is C23H24N2O3S. The van der Waals surface area contributed by atoms with E-state index in [0.717, 1.165) is 22.4 Å². The van der Waals surface area contributed by atoms with Crippen LogP contribution in [0.4, 0.5) is 5.69 Å². The van der Waals surface area contributed by atoms with Gasteiger partial charge in [-0.1, -0.05) is 48.5 Å². The highest BCUT2D eigenvalue weighted by atomic mass is 32.2. The summed E-state index contributed by atoms with van der Waals surface area (Å²) in [6.45, 7) is 4.12. The molecule has 0 aliphatic heterocycles. The van der Waals surface area contributed by atoms with E-state index in [4.69, 9.17) is 0 Å². The number of amides is 1. The Bertz CT molecular complexity index is 1090. The van der Waals surface area contributed by atoms with Crippen molar-refractivity contribution in [2.24, 2.45) is 0 Å². The molecule has 0 aromatic heterocycles. The van der Waals surface area contributed by atoms with Crippen molar-refractivity contribution in [1.29, 1.82) is 0 Å². The van der Waals surface area contributed by atoms with Gasteiger partial charge in [0.05, 0.1) is 4.90 Å². The number of carbonyl (C=O) groups excluding carboxylic acids is 1. The molecule has 6 heteroatoms. The number of hydrogen-bond acceptors (Lipinski definition) is 3. The first-order chi connectivity index (χ1) is 13.8. The van der Waals surface area contributed by atoms with Crippen molar-refractivity contribution >= 4 is 21.6 Å². The summed E-state index contributed by atoms with van der Waals surface area (Å²) in [5.74, 6) is -0.195. The second kappa shape index (κ2) is 8.59. The smallest absolute Gasteiger partial charge is 0.255 e. The molecule has 5 nitrogen and oxygen atoms in total. The summed E-state index contributed by atoms with van der Waals surface area (Å²) in [5, 5.41) is 2.96. The van der Waals surface area contributed by atoms with Crippen LogP contribution in [0.25, 0.3) is 0 Å². The molecule has 3 aromatic carbocycles. The van der Waals surface area contributed by atoms with Gasteiger partial charge in [-0.3, -0.25) is 4.79 Å². The van der Waals surface area contributed by atoms with Gasteiger partial charge in [0, 0.05) is 24.8 Å². The summed E-state index contributed by atoms with van der Waals surface area (Å²) in [6.07, 6.45) is 0. The van der Waals surface area contributed by atoms with Gasteiger partial charge in [0.15, 0.2) is 0 Å². The molecule has 1 N–H and O–H groups in total. The Morgan fingerprint density at radius 2 is 1.45 bits per heavy atom. The average molecular weight is 409 g/mol. The minimum Gasteiger partial charge on any atom is -0.322 e. The quantitative estimate of drug-likeness (QED) is 0.658. The summed E-state index contributed by atoms with van der Waals surface area (Å²) in [6, 6.07) is 21.2. The lowest BCUT2D eigenvalue weighted by Crippen LogP contribution is -2.26. The molecular weight excluding hydrogens is 384 g/mol. The van der Waals surface area contributed by atoms with Crippen LogP contribution in [0.5, 0.6) is 0 Å². The molecule has 0 aliphatic carbocycles. The highest BCUT2D eigenvalue weighted by Gasteiger charge is 2.20. The number of sulfonamides is 1. The highest BCUT2D eigenvalue weighted by molar-refractivity contribution is 7.89. The fourth-order valence-corrected chi connectivity index (χ4v) is 4.25. The summed E-state index contributed by atoms with van der Waals surface area (Å²) in [7, 11) is -2.01. The molecule has 0 heterocycles. The number of rotatable bonds is 6. The van der Waals surface area contributed by atoms with Crippen molar-refractivity contribution < 1.29 is 13.2 Å². The van der Waals surface area contributed by atoms with E-state index in [-0.39, 0.29) is 17.3 Å². The molecule has 0 spiro atoms. The number of para-hydroxylation sites is 1. The third-order valence-electron chi connectivity index (χ3n) is 4.79. The van der Waals surface area contributed by atoms with Crippen LogP contribution in [-0.4, -0.2) is 25.7 Å². The van der Waals surface area contributed by atoms with Crippen LogP contribution in [0.3, 0.4) is 0 Å². The molecule has 1 amide bonds. The zero-order valence-electron chi connectivity index (χ0n) is 16.7. The van der Waals surface area contributed by atoms with E-state index >= 15 is 0 Å². The molecule has 3 aromatic rings. The molecule has 150 valence electrons. The number of hydrogen-bond donors (Lipinski definition) is 1. The lowest BCUT2D eigenvalue weighted by molar-refractivity contribution is 0.102. The first-order valence-electron chi connectivity index (χ1n) is 9.27. The summed E-state index contributed by atoms with van der Waals surface area (Å²) in [5.41, 5.74) is 4.14. The summed E-state index contributed by atoms with van der Waals surface area (Å²) < 4.78 is 26.6. The second-order valence-corrected chi connectivity index (χ2v) is 9.04. The molecule has 0 bridgehead atoms. The molecule has 29 heavy (non-hydrogen) atoms. The van der Waals surface area contributed by atoms with Crippen molar-refractivity contribution in [1.82, 2.24) is 4.31 Å². The van der Waals surface area contributed by atoms with E-state index in [1.807, 2.05) is 32.0 Å². The Morgan fingerprint density at radius 1 is 0.862 bits per heavy atom. The van der Waals surface area contributed by atoms with Crippen LogP contribution in [0.1, 0.15) is 27.0 Å². The van der Waals surface area contributed by atoms with E-state index in [1.54, 1.807) is 61.6 Å². The Morgan fingerprint density at radius 3 is 2.03 bits per heavy atom. The molecule has 0 saturated heterocycles. The predicted octanol–water partition coefficient (Wildman–Crippen LogP) is 4.38. The molecule has 0 fully saturated rings. The number of carbonyl (C=O) groups is 1. The van der Waals surface area contributed by atoms with E-state index < -0.39 is 10.0 Å². The van der Waals surface area contributed by atoms with Crippen molar-refractivity contribution in [3.63, 3.8) is 0 Å². The SMILES string of the molecule is Cc1cccc(C)c1NC(=O)c1ccc(CN(C)S(=O)(=O)c2ccccc2)cc1. The molecule has 3 rings (SSSR count). The van der Waals surface area contributed by atoms with E-state index in [0.29, 0.717) is 5.56 Å². The third-order valence-corrected chi connectivity index (χ3v) is 6.61. The average Bonchev–Trinajstić information content (AvgIpc) is 2.72. The fourth-order valence-electron chi connectivity index (χ4n) is 3.07. The topological polar surface area (TPSA) is 66.5 Å². The van der Waals surface area contributed by atoms with Crippen molar-refractivity contribution in [2.45, 2.75) is 25.3 Å². The van der Waals surface area contributed by atoms with Crippen molar-refractivity contribution in [3.05, 3.63) is 95.1 Å². The largest absolute Gasteiger partial charge is 0.322 e. The first kappa shape index (κ1) is 20.8. The van der Waals surface area contributed by atoms with Crippen molar-refractivity contribution in [2.75, 3.05) is 12.4 Å². The summed E-state index contributed by atoms with van der Waals surface area (Å²) in [4.78, 5) is 12.8. The van der Waals surface area contributed by atoms with E-state index in [9.17, 15) is 13.2 Å². The Labute approximate surface area is 172 Å². The van der Waals surface area contributed by atoms with Crippen LogP contribution in [0.15, 0.2) is 77.7 Å². The Balaban J connectivity index is 1.71. The lowest BCUT2D eigenvalue weighted by atomic mass is 10.1. The van der Waals surface area contributed by atoms with Crippen LogP contribution in [0, 0.1) is 13.8 Å². The number of nitrogens with one attached hydrogen (secondary N) is 1. The normalized spacial score (nSPS) is 11.4. The third kappa shape index (κ3) is 4.72. The molecule has 0 radical (unpaired) electrons. The minimum absolute atomic E-state index is 0.195. The maximum absolute atomic E-state index is 12.6. The predicted molar refractivity (Wildman–Crippen MR) is 115 cm³/mol. The van der Waals surface area contributed by atoms with Crippen LogP contribution in [0.2, 0.25) is 0 Å². The van der Waals surface area contributed by atoms with Gasteiger partial charge in [0.2, 0.25) is 10.0 Å². The van der Waals surface area contributed by atoms with Gasteiger partial charge in [-0.05, 0) is 54.8 Å². The van der Waals surface area contributed by atoms with E-state index in [2.05, 4.69) is 5.32 Å². The number of anilines is 1. The van der Waals surface area contributed by atoms with Gasteiger partial charge in [0.1, 0.15) is 0 Å². The number of nitrogens with zero attached hydrogens (tertiary/aromatic N) is 1. The van der Waals surface area contributed by atoms with Gasteiger partial charge in [-0.2, -0.15) is 4.31 Å². The van der Waals surface area contributed by atoms with Crippen LogP contribution < -0.4 is 5.32 Å². The minimum atomic E-state index is -3.56. The van der Waals surface area contributed by atoms with E-state index in [1.165, 1.54) is 4.31 Å². The monoisotopic (exact) mass is 408 g/mol. The molecule has 0 saturated carbocycles. The fraction of sp³-hybridized carbons (Fsp3) is 0.174. The van der Waals surface area contributed by atoms with Crippen LogP contribution >= 0.6 is 0 Å². The van der Waals surface area contributed by atoms with Gasteiger partial charge in [-0.25, -0.2) is 8.42 Å². The second-order valence-electron chi connectivity index (χ2n) is 6.99.